The summed E-state index contributed by atoms with van der Waals surface area (Å²) in [5.74, 6) is 0. The van der Waals surface area contributed by atoms with Crippen LogP contribution in [0.2, 0.25) is 0 Å². The molecule has 1 aliphatic rings. The fraction of sp³-hybridized carbons (Fsp3) is 0.750. The Balaban J connectivity index is 2.67. The lowest BCUT2D eigenvalue weighted by molar-refractivity contribution is 0.407. The highest BCUT2D eigenvalue weighted by Crippen LogP contribution is 2.12. The minimum atomic E-state index is 0.456. The van der Waals surface area contributed by atoms with E-state index in [-0.39, 0.29) is 0 Å². The summed E-state index contributed by atoms with van der Waals surface area (Å²) in [5.41, 5.74) is 3.01. The first kappa shape index (κ1) is 15.5. The number of nitrogens with one attached hydrogen (secondary N) is 2. The van der Waals surface area contributed by atoms with Crippen LogP contribution in [0.1, 0.15) is 53.4 Å². The van der Waals surface area contributed by atoms with E-state index in [0.29, 0.717) is 12.1 Å². The van der Waals surface area contributed by atoms with Crippen LogP contribution in [0.4, 0.5) is 0 Å². The van der Waals surface area contributed by atoms with Crippen LogP contribution >= 0.6 is 0 Å². The first-order valence-electron chi connectivity index (χ1n) is 7.48. The Bertz CT molecular complexity index is 261. The molecule has 18 heavy (non-hydrogen) atoms. The largest absolute Gasteiger partial charge is 0.308 e. The summed E-state index contributed by atoms with van der Waals surface area (Å²) in [5, 5.41) is 7.24. The molecule has 0 aromatic heterocycles. The van der Waals surface area contributed by atoms with E-state index in [2.05, 4.69) is 50.5 Å². The molecule has 2 N–H and O–H groups in total. The Kier molecular flexibility index (Phi) is 7.29. The molecule has 1 saturated heterocycles. The monoisotopic (exact) mass is 250 g/mol. The van der Waals surface area contributed by atoms with Gasteiger partial charge in [-0.15, -0.1) is 0 Å². The molecule has 0 saturated carbocycles. The quantitative estimate of drug-likeness (QED) is 0.706. The minimum absolute atomic E-state index is 0.456. The lowest BCUT2D eigenvalue weighted by Crippen LogP contribution is -2.54. The van der Waals surface area contributed by atoms with Gasteiger partial charge in [-0.25, -0.2) is 0 Å². The molecule has 0 spiro atoms. The molecule has 1 rings (SSSR count). The van der Waals surface area contributed by atoms with Crippen LogP contribution in [0.15, 0.2) is 23.3 Å². The molecule has 2 heteroatoms. The predicted octanol–water partition coefficient (Wildman–Crippen LogP) is 3.41. The molecule has 0 unspecified atom stereocenters. The maximum atomic E-state index is 3.62. The average Bonchev–Trinajstić information content (AvgIpc) is 2.32. The van der Waals surface area contributed by atoms with Crippen molar-refractivity contribution in [3.63, 3.8) is 0 Å². The van der Waals surface area contributed by atoms with Gasteiger partial charge in [0.15, 0.2) is 0 Å². The van der Waals surface area contributed by atoms with Crippen LogP contribution in [-0.2, 0) is 0 Å². The normalized spacial score (nSPS) is 26.4. The van der Waals surface area contributed by atoms with Crippen molar-refractivity contribution in [2.75, 3.05) is 13.1 Å². The summed E-state index contributed by atoms with van der Waals surface area (Å²) in [7, 11) is 0. The maximum Gasteiger partial charge on any atom is 0.0444 e. The van der Waals surface area contributed by atoms with Gasteiger partial charge >= 0.3 is 0 Å². The topological polar surface area (TPSA) is 24.1 Å². The molecule has 0 aromatic rings. The van der Waals surface area contributed by atoms with Gasteiger partial charge in [-0.2, -0.15) is 0 Å². The van der Waals surface area contributed by atoms with Gasteiger partial charge < -0.3 is 10.6 Å². The highest BCUT2D eigenvalue weighted by atomic mass is 15.1. The highest BCUT2D eigenvalue weighted by molar-refractivity contribution is 5.16. The fourth-order valence-corrected chi connectivity index (χ4v) is 2.63. The van der Waals surface area contributed by atoms with Gasteiger partial charge in [-0.1, -0.05) is 50.0 Å². The summed E-state index contributed by atoms with van der Waals surface area (Å²) < 4.78 is 0. The fourth-order valence-electron chi connectivity index (χ4n) is 2.63. The second-order valence-corrected chi connectivity index (χ2v) is 5.49. The summed E-state index contributed by atoms with van der Waals surface area (Å²) in [6.07, 6.45) is 9.72. The van der Waals surface area contributed by atoms with Crippen molar-refractivity contribution >= 4 is 0 Å². The Hall–Kier alpha value is -0.600. The lowest BCUT2D eigenvalue weighted by atomic mass is 9.98. The van der Waals surface area contributed by atoms with Crippen LogP contribution in [-0.4, -0.2) is 25.2 Å². The Morgan fingerprint density at radius 1 is 0.889 bits per heavy atom. The van der Waals surface area contributed by atoms with Crippen LogP contribution in [0.5, 0.6) is 0 Å². The molecule has 1 aliphatic heterocycles. The predicted molar refractivity (Wildman–Crippen MR) is 80.9 cm³/mol. The number of allylic oxidation sites excluding steroid dienone is 2. The van der Waals surface area contributed by atoms with Crippen LogP contribution in [0, 0.1) is 0 Å². The summed E-state index contributed by atoms with van der Waals surface area (Å²) in [6, 6.07) is 0.911. The van der Waals surface area contributed by atoms with Crippen LogP contribution in [0.3, 0.4) is 0 Å². The van der Waals surface area contributed by atoms with Gasteiger partial charge in [0.2, 0.25) is 0 Å². The number of hydrogen-bond donors (Lipinski definition) is 2. The van der Waals surface area contributed by atoms with Gasteiger partial charge in [-0.3, -0.25) is 0 Å². The SMILES string of the molecule is CCC/C(C)=C/[C@H]1NCCN[C@@H]1/C=C(\C)CCC. The molecule has 2 atom stereocenters. The van der Waals surface area contributed by atoms with E-state index in [1.54, 1.807) is 0 Å². The van der Waals surface area contributed by atoms with E-state index < -0.39 is 0 Å². The van der Waals surface area contributed by atoms with E-state index in [0.717, 1.165) is 13.1 Å². The molecule has 0 aromatic carbocycles. The Labute approximate surface area is 113 Å². The lowest BCUT2D eigenvalue weighted by Gasteiger charge is -2.31. The third kappa shape index (κ3) is 5.36. The van der Waals surface area contributed by atoms with Crippen molar-refractivity contribution < 1.29 is 0 Å². The van der Waals surface area contributed by atoms with Crippen molar-refractivity contribution in [1.29, 1.82) is 0 Å². The molecular weight excluding hydrogens is 220 g/mol. The van der Waals surface area contributed by atoms with Crippen molar-refractivity contribution in [1.82, 2.24) is 10.6 Å². The third-order valence-corrected chi connectivity index (χ3v) is 3.49. The molecule has 1 fully saturated rings. The van der Waals surface area contributed by atoms with Crippen molar-refractivity contribution in [3.05, 3.63) is 23.3 Å². The minimum Gasteiger partial charge on any atom is -0.308 e. The molecule has 0 radical (unpaired) electrons. The average molecular weight is 250 g/mol. The summed E-state index contributed by atoms with van der Waals surface area (Å²) >= 11 is 0. The van der Waals surface area contributed by atoms with E-state index in [9.17, 15) is 0 Å². The molecule has 0 bridgehead atoms. The number of piperazine rings is 1. The van der Waals surface area contributed by atoms with E-state index in [1.807, 2.05) is 0 Å². The van der Waals surface area contributed by atoms with Crippen molar-refractivity contribution in [2.24, 2.45) is 0 Å². The summed E-state index contributed by atoms with van der Waals surface area (Å²) in [4.78, 5) is 0. The molecular formula is C16H30N2. The standard InChI is InChI=1S/C16H30N2/c1-5-7-13(3)11-15-16(18-10-9-17-15)12-14(4)8-6-2/h11-12,15-18H,5-10H2,1-4H3/b13-11+,14-12+/t15-,16-/m1/s1. The Morgan fingerprint density at radius 3 is 1.61 bits per heavy atom. The molecule has 0 amide bonds. The second kappa shape index (κ2) is 8.49. The highest BCUT2D eigenvalue weighted by Gasteiger charge is 2.20. The van der Waals surface area contributed by atoms with E-state index >= 15 is 0 Å². The molecule has 0 aliphatic carbocycles. The maximum absolute atomic E-state index is 3.62. The van der Waals surface area contributed by atoms with Crippen LogP contribution < -0.4 is 10.6 Å². The van der Waals surface area contributed by atoms with Crippen LogP contribution in [0.25, 0.3) is 0 Å². The van der Waals surface area contributed by atoms with E-state index in [1.165, 1.54) is 36.8 Å². The van der Waals surface area contributed by atoms with Crippen molar-refractivity contribution in [3.8, 4) is 0 Å². The third-order valence-electron chi connectivity index (χ3n) is 3.49. The van der Waals surface area contributed by atoms with E-state index in [4.69, 9.17) is 0 Å². The Morgan fingerprint density at radius 2 is 1.28 bits per heavy atom. The van der Waals surface area contributed by atoms with Gasteiger partial charge in [0.1, 0.15) is 0 Å². The zero-order valence-corrected chi connectivity index (χ0v) is 12.6. The first-order valence-corrected chi connectivity index (χ1v) is 7.48. The van der Waals surface area contributed by atoms with Crippen molar-refractivity contribution in [2.45, 2.75) is 65.5 Å². The molecule has 104 valence electrons. The van der Waals surface area contributed by atoms with Gasteiger partial charge in [0.25, 0.3) is 0 Å². The summed E-state index contributed by atoms with van der Waals surface area (Å²) in [6.45, 7) is 11.1. The smallest absolute Gasteiger partial charge is 0.0444 e. The first-order chi connectivity index (χ1) is 8.67. The van der Waals surface area contributed by atoms with Gasteiger partial charge in [0, 0.05) is 25.2 Å². The molecule has 2 nitrogen and oxygen atoms in total. The van der Waals surface area contributed by atoms with Gasteiger partial charge in [0.05, 0.1) is 0 Å². The zero-order chi connectivity index (χ0) is 13.4. The number of rotatable bonds is 6. The second-order valence-electron chi connectivity index (χ2n) is 5.49. The van der Waals surface area contributed by atoms with Gasteiger partial charge in [-0.05, 0) is 26.7 Å². The number of hydrogen-bond acceptors (Lipinski definition) is 2. The molecule has 1 heterocycles. The zero-order valence-electron chi connectivity index (χ0n) is 12.6.